The normalized spacial score (nSPS) is 12.5. The van der Waals surface area contributed by atoms with Gasteiger partial charge in [-0.3, -0.25) is 4.79 Å². The van der Waals surface area contributed by atoms with E-state index in [2.05, 4.69) is 19.9 Å². The molecule has 2 heteroatoms. The van der Waals surface area contributed by atoms with Crippen LogP contribution in [0.25, 0.3) is 0 Å². The summed E-state index contributed by atoms with van der Waals surface area (Å²) in [7, 11) is 0. The molecule has 18 heavy (non-hydrogen) atoms. The average molecular weight is 243 g/mol. The van der Waals surface area contributed by atoms with Gasteiger partial charge in [0.2, 0.25) is 0 Å². The van der Waals surface area contributed by atoms with Crippen LogP contribution >= 0.6 is 0 Å². The lowest BCUT2D eigenvalue weighted by Gasteiger charge is -2.11. The molecule has 0 saturated carbocycles. The highest BCUT2D eigenvalue weighted by molar-refractivity contribution is 5.99. The molecule has 0 bridgehead atoms. The maximum Gasteiger partial charge on any atom is 0.179 e. The van der Waals surface area contributed by atoms with Gasteiger partial charge in [-0.15, -0.1) is 0 Å². The summed E-state index contributed by atoms with van der Waals surface area (Å²) in [6, 6.07) is 9.74. The number of carbonyl (C=O) groups excluding carboxylic acids is 1. The summed E-state index contributed by atoms with van der Waals surface area (Å²) in [4.78, 5) is 12.2. The summed E-state index contributed by atoms with van der Waals surface area (Å²) in [5, 5.41) is 9.08. The van der Waals surface area contributed by atoms with Crippen LogP contribution in [0.4, 0.5) is 0 Å². The monoisotopic (exact) mass is 243 g/mol. The van der Waals surface area contributed by atoms with E-state index in [1.807, 2.05) is 38.1 Å². The van der Waals surface area contributed by atoms with Crippen molar-refractivity contribution in [2.75, 3.05) is 0 Å². The van der Waals surface area contributed by atoms with Gasteiger partial charge in [-0.05, 0) is 23.8 Å². The first-order chi connectivity index (χ1) is 8.45. The van der Waals surface area contributed by atoms with E-state index in [1.165, 1.54) is 5.56 Å². The van der Waals surface area contributed by atoms with Crippen LogP contribution in [-0.2, 0) is 0 Å². The van der Waals surface area contributed by atoms with Crippen LogP contribution in [0.1, 0.15) is 56.0 Å². The third-order valence-electron chi connectivity index (χ3n) is 3.04. The number of nitriles is 1. The zero-order valence-electron chi connectivity index (χ0n) is 11.6. The molecule has 0 amide bonds. The van der Waals surface area contributed by atoms with E-state index in [0.717, 1.165) is 0 Å². The van der Waals surface area contributed by atoms with E-state index in [1.54, 1.807) is 0 Å². The van der Waals surface area contributed by atoms with Crippen LogP contribution in [0.5, 0.6) is 0 Å². The molecule has 0 aliphatic rings. The Morgan fingerprint density at radius 2 is 1.72 bits per heavy atom. The molecule has 0 radical (unpaired) electrons. The maximum absolute atomic E-state index is 12.2. The third kappa shape index (κ3) is 3.70. The molecule has 0 N–H and O–H groups in total. The lowest BCUT2D eigenvalue weighted by molar-refractivity contribution is 0.0937. The molecule has 0 fully saturated rings. The molecule has 1 aromatic carbocycles. The summed E-state index contributed by atoms with van der Waals surface area (Å²) in [6.45, 7) is 8.29. The first-order valence-electron chi connectivity index (χ1n) is 6.49. The molecule has 1 atom stereocenters. The molecule has 0 saturated heterocycles. The second-order valence-electron chi connectivity index (χ2n) is 5.45. The van der Waals surface area contributed by atoms with Gasteiger partial charge in [0, 0.05) is 5.56 Å². The topological polar surface area (TPSA) is 40.9 Å². The summed E-state index contributed by atoms with van der Waals surface area (Å²) in [5.74, 6) is 0.238. The van der Waals surface area contributed by atoms with Gasteiger partial charge in [0.25, 0.3) is 0 Å². The fourth-order valence-electron chi connectivity index (χ4n) is 1.92. The van der Waals surface area contributed by atoms with E-state index in [4.69, 9.17) is 5.26 Å². The fraction of sp³-hybridized carbons (Fsp3) is 0.500. The van der Waals surface area contributed by atoms with Gasteiger partial charge < -0.3 is 0 Å². The third-order valence-corrected chi connectivity index (χ3v) is 3.04. The molecule has 0 heterocycles. The van der Waals surface area contributed by atoms with Crippen molar-refractivity contribution < 1.29 is 4.79 Å². The Labute approximate surface area is 110 Å². The summed E-state index contributed by atoms with van der Waals surface area (Å²) < 4.78 is 0. The van der Waals surface area contributed by atoms with E-state index >= 15 is 0 Å². The Hall–Kier alpha value is -1.62. The summed E-state index contributed by atoms with van der Waals surface area (Å²) in [6.07, 6.45) is 0.626. The van der Waals surface area contributed by atoms with Gasteiger partial charge >= 0.3 is 0 Å². The molecule has 2 nitrogen and oxygen atoms in total. The Morgan fingerprint density at radius 3 is 2.11 bits per heavy atom. The molecule has 0 aliphatic carbocycles. The van der Waals surface area contributed by atoms with Crippen LogP contribution in [0.2, 0.25) is 0 Å². The Kier molecular flexibility index (Phi) is 5.09. The van der Waals surface area contributed by atoms with Crippen molar-refractivity contribution >= 4 is 5.78 Å². The SMILES string of the molecule is CC(C)CC(C#N)C(=O)c1ccc(C(C)C)cc1. The summed E-state index contributed by atoms with van der Waals surface area (Å²) in [5.41, 5.74) is 1.86. The standard InChI is InChI=1S/C16H21NO/c1-11(2)9-15(10-17)16(18)14-7-5-13(6-8-14)12(3)4/h5-8,11-12,15H,9H2,1-4H3. The fourth-order valence-corrected chi connectivity index (χ4v) is 1.92. The average Bonchev–Trinajstić information content (AvgIpc) is 2.35. The maximum atomic E-state index is 12.2. The van der Waals surface area contributed by atoms with Crippen molar-refractivity contribution in [3.05, 3.63) is 35.4 Å². The number of hydrogen-bond acceptors (Lipinski definition) is 2. The number of Topliss-reactive ketones (excluding diaryl/α,β-unsaturated/α-hetero) is 1. The Bertz CT molecular complexity index is 437. The van der Waals surface area contributed by atoms with Crippen LogP contribution in [0.15, 0.2) is 24.3 Å². The van der Waals surface area contributed by atoms with E-state index < -0.39 is 5.92 Å². The van der Waals surface area contributed by atoms with Crippen LogP contribution in [-0.4, -0.2) is 5.78 Å². The van der Waals surface area contributed by atoms with Crippen molar-refractivity contribution in [3.8, 4) is 6.07 Å². The van der Waals surface area contributed by atoms with Gasteiger partial charge in [-0.1, -0.05) is 52.0 Å². The van der Waals surface area contributed by atoms with Gasteiger partial charge in [-0.25, -0.2) is 0 Å². The molecule has 1 rings (SSSR count). The van der Waals surface area contributed by atoms with Crippen molar-refractivity contribution in [1.29, 1.82) is 5.26 Å². The highest BCUT2D eigenvalue weighted by atomic mass is 16.1. The molecule has 1 unspecified atom stereocenters. The summed E-state index contributed by atoms with van der Waals surface area (Å²) >= 11 is 0. The lowest BCUT2D eigenvalue weighted by Crippen LogP contribution is -2.15. The predicted molar refractivity (Wildman–Crippen MR) is 73.4 cm³/mol. The molecule has 1 aromatic rings. The first kappa shape index (κ1) is 14.4. The minimum absolute atomic E-state index is 0.0542. The zero-order valence-corrected chi connectivity index (χ0v) is 11.6. The van der Waals surface area contributed by atoms with E-state index in [0.29, 0.717) is 23.8 Å². The lowest BCUT2D eigenvalue weighted by atomic mass is 9.90. The molecular formula is C16H21NO. The second kappa shape index (κ2) is 6.35. The molecule has 0 aliphatic heterocycles. The molecule has 96 valence electrons. The van der Waals surface area contributed by atoms with Gasteiger partial charge in [0.15, 0.2) is 5.78 Å². The van der Waals surface area contributed by atoms with E-state index in [-0.39, 0.29) is 5.78 Å². The largest absolute Gasteiger partial charge is 0.293 e. The Morgan fingerprint density at radius 1 is 1.17 bits per heavy atom. The number of rotatable bonds is 5. The van der Waals surface area contributed by atoms with Crippen molar-refractivity contribution in [2.24, 2.45) is 11.8 Å². The highest BCUT2D eigenvalue weighted by Gasteiger charge is 2.20. The zero-order chi connectivity index (χ0) is 13.7. The van der Waals surface area contributed by atoms with E-state index in [9.17, 15) is 4.79 Å². The Balaban J connectivity index is 2.86. The van der Waals surface area contributed by atoms with Crippen LogP contribution in [0, 0.1) is 23.2 Å². The quantitative estimate of drug-likeness (QED) is 0.728. The number of carbonyl (C=O) groups is 1. The minimum Gasteiger partial charge on any atom is -0.293 e. The predicted octanol–water partition coefficient (Wildman–Crippen LogP) is 4.18. The van der Waals surface area contributed by atoms with Crippen LogP contribution in [0.3, 0.4) is 0 Å². The molecule has 0 spiro atoms. The number of benzene rings is 1. The first-order valence-corrected chi connectivity index (χ1v) is 6.49. The van der Waals surface area contributed by atoms with Crippen molar-refractivity contribution in [1.82, 2.24) is 0 Å². The number of nitrogens with zero attached hydrogens (tertiary/aromatic N) is 1. The van der Waals surface area contributed by atoms with Crippen molar-refractivity contribution in [2.45, 2.75) is 40.0 Å². The minimum atomic E-state index is -0.519. The smallest absolute Gasteiger partial charge is 0.179 e. The second-order valence-corrected chi connectivity index (χ2v) is 5.45. The number of hydrogen-bond donors (Lipinski definition) is 0. The van der Waals surface area contributed by atoms with Crippen LogP contribution < -0.4 is 0 Å². The van der Waals surface area contributed by atoms with Gasteiger partial charge in [0.1, 0.15) is 5.92 Å². The molecule has 0 aromatic heterocycles. The molecular weight excluding hydrogens is 222 g/mol. The number of ketones is 1. The van der Waals surface area contributed by atoms with Crippen molar-refractivity contribution in [3.63, 3.8) is 0 Å². The van der Waals surface area contributed by atoms with Gasteiger partial charge in [-0.2, -0.15) is 5.26 Å². The highest BCUT2D eigenvalue weighted by Crippen LogP contribution is 2.19. The van der Waals surface area contributed by atoms with Gasteiger partial charge in [0.05, 0.1) is 6.07 Å².